The van der Waals surface area contributed by atoms with E-state index in [1.165, 1.54) is 11.8 Å². The molecule has 0 aliphatic carbocycles. The third-order valence-electron chi connectivity index (χ3n) is 5.28. The summed E-state index contributed by atoms with van der Waals surface area (Å²) in [5.74, 6) is -3.79. The van der Waals surface area contributed by atoms with Crippen molar-refractivity contribution < 1.29 is 39.3 Å². The Bertz CT molecular complexity index is 952. The second-order valence-electron chi connectivity index (χ2n) is 8.28. The zero-order valence-corrected chi connectivity index (χ0v) is 22.2. The van der Waals surface area contributed by atoms with Gasteiger partial charge in [-0.3, -0.25) is 24.0 Å². The van der Waals surface area contributed by atoms with Crippen LogP contribution in [0.25, 0.3) is 0 Å². The smallest absolute Gasteiger partial charge is 0.322 e. The first-order chi connectivity index (χ1) is 17.9. The van der Waals surface area contributed by atoms with Gasteiger partial charge in [0.1, 0.15) is 24.7 Å². The Hall–Kier alpha value is -3.07. The van der Waals surface area contributed by atoms with Gasteiger partial charge in [0.25, 0.3) is 0 Å². The summed E-state index contributed by atoms with van der Waals surface area (Å²) in [6.45, 7) is 0.450. The van der Waals surface area contributed by atoms with E-state index < -0.39 is 54.4 Å². The number of carbonyl (C=O) groups excluding carboxylic acids is 2. The molecule has 0 saturated carbocycles. The van der Waals surface area contributed by atoms with E-state index in [-0.39, 0.29) is 25.0 Å². The number of hydrogen-bond donors (Lipinski definition) is 7. The van der Waals surface area contributed by atoms with Crippen molar-refractivity contribution in [3.63, 3.8) is 0 Å². The Kier molecular flexibility index (Phi) is 15.1. The lowest BCUT2D eigenvalue weighted by Crippen LogP contribution is -2.49. The van der Waals surface area contributed by atoms with E-state index in [2.05, 4.69) is 10.6 Å². The topological polar surface area (TPSA) is 225 Å². The van der Waals surface area contributed by atoms with Crippen molar-refractivity contribution in [2.45, 2.75) is 37.4 Å². The zero-order chi connectivity index (χ0) is 28.7. The van der Waals surface area contributed by atoms with Gasteiger partial charge in [0.15, 0.2) is 0 Å². The van der Waals surface area contributed by atoms with Crippen molar-refractivity contribution in [2.75, 3.05) is 41.9 Å². The van der Waals surface area contributed by atoms with Crippen LogP contribution in [0.4, 0.5) is 5.69 Å². The van der Waals surface area contributed by atoms with Gasteiger partial charge in [-0.25, -0.2) is 0 Å². The fourth-order valence-electron chi connectivity index (χ4n) is 3.18. The van der Waals surface area contributed by atoms with E-state index in [1.54, 1.807) is 12.1 Å². The molecule has 13 nitrogen and oxygen atoms in total. The first kappa shape index (κ1) is 33.0. The minimum Gasteiger partial charge on any atom is -0.480 e. The van der Waals surface area contributed by atoms with Gasteiger partial charge < -0.3 is 42.3 Å². The third kappa shape index (κ3) is 12.9. The largest absolute Gasteiger partial charge is 0.480 e. The van der Waals surface area contributed by atoms with Gasteiger partial charge in [0.2, 0.25) is 11.8 Å². The van der Waals surface area contributed by atoms with Crippen LogP contribution >= 0.6 is 23.4 Å². The summed E-state index contributed by atoms with van der Waals surface area (Å²) < 4.78 is 0. The van der Waals surface area contributed by atoms with E-state index in [0.29, 0.717) is 24.7 Å². The van der Waals surface area contributed by atoms with Crippen molar-refractivity contribution in [1.29, 1.82) is 0 Å². The Morgan fingerprint density at radius 1 is 0.974 bits per heavy atom. The molecule has 1 unspecified atom stereocenters. The van der Waals surface area contributed by atoms with E-state index in [4.69, 9.17) is 38.4 Å². The molecule has 0 spiro atoms. The van der Waals surface area contributed by atoms with Crippen LogP contribution in [-0.2, 0) is 30.4 Å². The molecule has 212 valence electrons. The molecule has 15 heteroatoms. The Morgan fingerprint density at radius 2 is 1.61 bits per heavy atom. The van der Waals surface area contributed by atoms with Crippen LogP contribution in [0.1, 0.15) is 18.4 Å². The van der Waals surface area contributed by atoms with Crippen molar-refractivity contribution in [3.05, 3.63) is 29.8 Å². The van der Waals surface area contributed by atoms with Crippen LogP contribution in [0, 0.1) is 0 Å². The summed E-state index contributed by atoms with van der Waals surface area (Å²) in [6.07, 6.45) is -0.135. The lowest BCUT2D eigenvalue weighted by Gasteiger charge is -2.25. The molecule has 0 aromatic heterocycles. The molecule has 0 bridgehead atoms. The van der Waals surface area contributed by atoms with E-state index in [9.17, 15) is 24.0 Å². The van der Waals surface area contributed by atoms with Gasteiger partial charge >= 0.3 is 17.9 Å². The van der Waals surface area contributed by atoms with Gasteiger partial charge in [-0.1, -0.05) is 12.1 Å². The van der Waals surface area contributed by atoms with Crippen molar-refractivity contribution in [3.8, 4) is 0 Å². The molecule has 0 heterocycles. The predicted molar refractivity (Wildman–Crippen MR) is 143 cm³/mol. The normalized spacial score (nSPS) is 13.1. The number of anilines is 1. The number of carboxylic acids is 3. The quantitative estimate of drug-likeness (QED) is 0.0802. The van der Waals surface area contributed by atoms with E-state index >= 15 is 0 Å². The third-order valence-corrected chi connectivity index (χ3v) is 6.49. The maximum absolute atomic E-state index is 12.4. The number of aliphatic carboxylic acids is 3. The monoisotopic (exact) mass is 575 g/mol. The average molecular weight is 576 g/mol. The fourth-order valence-corrected chi connectivity index (χ4v) is 4.37. The number of amides is 2. The molecule has 0 aliphatic rings. The number of nitrogens with zero attached hydrogens (tertiary/aromatic N) is 1. The number of rotatable bonds is 19. The number of carbonyl (C=O) groups is 5. The highest BCUT2D eigenvalue weighted by Crippen LogP contribution is 2.17. The summed E-state index contributed by atoms with van der Waals surface area (Å²) in [4.78, 5) is 59.3. The maximum atomic E-state index is 12.4. The molecule has 0 radical (unpaired) electrons. The Balaban J connectivity index is 2.71. The molecule has 0 saturated heterocycles. The summed E-state index contributed by atoms with van der Waals surface area (Å²) >= 11 is 7.30. The van der Waals surface area contributed by atoms with Crippen LogP contribution in [0.5, 0.6) is 0 Å². The van der Waals surface area contributed by atoms with Crippen molar-refractivity contribution in [2.24, 2.45) is 11.5 Å². The molecule has 0 aliphatic heterocycles. The molecular formula is C23H34ClN5O8S. The van der Waals surface area contributed by atoms with Crippen LogP contribution in [0.2, 0.25) is 0 Å². The molecule has 1 aromatic carbocycles. The molecular weight excluding hydrogens is 542 g/mol. The highest BCUT2D eigenvalue weighted by molar-refractivity contribution is 7.99. The Morgan fingerprint density at radius 3 is 2.16 bits per heavy atom. The summed E-state index contributed by atoms with van der Waals surface area (Å²) in [7, 11) is 0. The number of thioether (sulfide) groups is 1. The molecule has 1 aromatic rings. The molecule has 3 atom stereocenters. The van der Waals surface area contributed by atoms with E-state index in [0.717, 1.165) is 11.3 Å². The number of hydrogen-bond acceptors (Lipinski definition) is 9. The number of alkyl halides is 1. The molecule has 0 fully saturated rings. The first-order valence-electron chi connectivity index (χ1n) is 11.7. The van der Waals surface area contributed by atoms with Crippen molar-refractivity contribution in [1.82, 2.24) is 10.6 Å². The lowest BCUT2D eigenvalue weighted by atomic mass is 10.1. The average Bonchev–Trinajstić information content (AvgIpc) is 2.87. The summed E-state index contributed by atoms with van der Waals surface area (Å²) in [5.41, 5.74) is 12.6. The fraction of sp³-hybridized carbons (Fsp3) is 0.522. The highest BCUT2D eigenvalue weighted by Gasteiger charge is 2.22. The minimum atomic E-state index is -1.25. The summed E-state index contributed by atoms with van der Waals surface area (Å²) in [5, 5.41) is 31.4. The standard InChI is InChI=1S/C23H34ClN5O8S/c24-7-8-29(15-3-1-14(2-4-15)11-17(26)23(36)37)9-10-38-13-18(21(33)27-12-20(31)32)28-19(30)6-5-16(25)22(34)35/h1-4,16-18H,5-13,25-26H2,(H,27,33)(H,28,30)(H,31,32)(H,34,35)(H,36,37)/t16-,17?,18-/m0/s1. The molecule has 1 rings (SSSR count). The van der Waals surface area contributed by atoms with Crippen molar-refractivity contribution >= 4 is 58.8 Å². The van der Waals surface area contributed by atoms with Gasteiger partial charge in [-0.05, 0) is 30.5 Å². The second-order valence-corrected chi connectivity index (χ2v) is 9.81. The SMILES string of the molecule is NC(Cc1ccc(N(CCCl)CCSC[C@H](NC(=O)CC[C@H](N)C(=O)O)C(=O)NCC(=O)O)cc1)C(=O)O. The van der Waals surface area contributed by atoms with Gasteiger partial charge in [-0.2, -0.15) is 11.8 Å². The first-order valence-corrected chi connectivity index (χ1v) is 13.4. The molecule has 2 amide bonds. The van der Waals surface area contributed by atoms with Crippen LogP contribution in [0.3, 0.4) is 0 Å². The van der Waals surface area contributed by atoms with E-state index in [1.807, 2.05) is 17.0 Å². The number of benzene rings is 1. The minimum absolute atomic E-state index is 0.119. The van der Waals surface area contributed by atoms with Gasteiger partial charge in [0.05, 0.1) is 0 Å². The van der Waals surface area contributed by atoms with Crippen LogP contribution < -0.4 is 27.0 Å². The number of nitrogens with two attached hydrogens (primary N) is 2. The van der Waals surface area contributed by atoms with Gasteiger partial charge in [0, 0.05) is 42.6 Å². The lowest BCUT2D eigenvalue weighted by molar-refractivity contribution is -0.139. The number of carboxylic acid groups (broad SMARTS) is 3. The van der Waals surface area contributed by atoms with Crippen LogP contribution in [0.15, 0.2) is 24.3 Å². The number of halogens is 1. The highest BCUT2D eigenvalue weighted by atomic mass is 35.5. The zero-order valence-electron chi connectivity index (χ0n) is 20.7. The van der Waals surface area contributed by atoms with Gasteiger partial charge in [-0.15, -0.1) is 11.6 Å². The second kappa shape index (κ2) is 17.4. The number of nitrogens with one attached hydrogen (secondary N) is 2. The maximum Gasteiger partial charge on any atom is 0.322 e. The predicted octanol–water partition coefficient (Wildman–Crippen LogP) is -0.703. The summed E-state index contributed by atoms with van der Waals surface area (Å²) in [6, 6.07) is 4.02. The molecule has 38 heavy (non-hydrogen) atoms. The van der Waals surface area contributed by atoms with Crippen LogP contribution in [-0.4, -0.2) is 100 Å². The Labute approximate surface area is 229 Å². The molecule has 9 N–H and O–H groups in total.